The molecule has 0 bridgehead atoms. The lowest BCUT2D eigenvalue weighted by Gasteiger charge is -2.19. The second kappa shape index (κ2) is 5.45. The molecule has 2 aromatic carbocycles. The summed E-state index contributed by atoms with van der Waals surface area (Å²) in [6.07, 6.45) is 1.07. The Labute approximate surface area is 169 Å². The summed E-state index contributed by atoms with van der Waals surface area (Å²) in [5.74, 6) is 0. The lowest BCUT2D eigenvalue weighted by molar-refractivity contribution is 0.589. The highest BCUT2D eigenvalue weighted by Gasteiger charge is 2.18. The molecule has 0 radical (unpaired) electrons. The van der Waals surface area contributed by atoms with Crippen LogP contribution in [-0.4, -0.2) is 4.98 Å². The van der Waals surface area contributed by atoms with E-state index in [1.807, 2.05) is 0 Å². The van der Waals surface area contributed by atoms with Gasteiger partial charge in [-0.05, 0) is 60.1 Å². The Morgan fingerprint density at radius 2 is 1.92 bits per heavy atom. The predicted octanol–water partition coefficient (Wildman–Crippen LogP) is 6.56. The van der Waals surface area contributed by atoms with Crippen LogP contribution in [0.1, 0.15) is 57.8 Å². The van der Waals surface area contributed by atoms with E-state index in [0.29, 0.717) is 5.39 Å². The molecule has 0 atom stereocenters. The van der Waals surface area contributed by atoms with E-state index in [2.05, 4.69) is 4.98 Å². The fraction of sp³-hybridized carbons (Fsp3) is 0.261. The third kappa shape index (κ3) is 2.62. The molecular weight excluding hydrogens is 306 g/mol. The molecule has 0 fully saturated rings. The van der Waals surface area contributed by atoms with Gasteiger partial charge in [0.1, 0.15) is 11.2 Å². The molecule has 0 unspecified atom stereocenters. The van der Waals surface area contributed by atoms with Gasteiger partial charge in [-0.25, -0.2) is 0 Å². The molecule has 0 saturated carbocycles. The molecule has 25 heavy (non-hydrogen) atoms. The van der Waals surface area contributed by atoms with Gasteiger partial charge in [0.25, 0.3) is 0 Å². The van der Waals surface area contributed by atoms with Crippen LogP contribution in [0.25, 0.3) is 33.2 Å². The average Bonchev–Trinajstić information content (AvgIpc) is 3.13. The number of aryl methyl sites for hydroxylation is 2. The van der Waals surface area contributed by atoms with Gasteiger partial charge in [-0.2, -0.15) is 0 Å². The molecule has 2 heterocycles. The van der Waals surface area contributed by atoms with Crippen molar-refractivity contribution in [3.63, 3.8) is 0 Å². The molecule has 0 aliphatic heterocycles. The molecule has 0 N–H and O–H groups in total. The van der Waals surface area contributed by atoms with E-state index in [9.17, 15) is 0 Å². The first-order chi connectivity index (χ1) is 18.0. The summed E-state index contributed by atoms with van der Waals surface area (Å²) in [4.78, 5) is 4.20. The molecule has 4 rings (SSSR count). The number of benzene rings is 2. The van der Waals surface area contributed by atoms with Gasteiger partial charge in [0.15, 0.2) is 0 Å². The minimum atomic E-state index is -3.49. The summed E-state index contributed by atoms with van der Waals surface area (Å²) in [5, 5.41) is 0.430. The molecule has 0 saturated heterocycles. The van der Waals surface area contributed by atoms with Crippen molar-refractivity contribution in [1.29, 1.82) is 0 Å². The molecule has 2 heteroatoms. The lowest BCUT2D eigenvalue weighted by Crippen LogP contribution is -2.11. The van der Waals surface area contributed by atoms with Gasteiger partial charge in [-0.3, -0.25) is 4.98 Å². The highest BCUT2D eigenvalue weighted by molar-refractivity contribution is 6.11. The predicted molar refractivity (Wildman–Crippen MR) is 105 cm³/mol. The monoisotopic (exact) mass is 344 g/mol. The molecule has 0 aliphatic carbocycles. The summed E-state index contributed by atoms with van der Waals surface area (Å²) < 4.78 is 125. The quantitative estimate of drug-likeness (QED) is 0.390. The highest BCUT2D eigenvalue weighted by atomic mass is 16.3. The van der Waals surface area contributed by atoms with Crippen LogP contribution >= 0.6 is 0 Å². The van der Waals surface area contributed by atoms with Crippen LogP contribution in [-0.2, 0) is 5.41 Å². The van der Waals surface area contributed by atoms with Crippen molar-refractivity contribution in [3.05, 3.63) is 65.4 Å². The molecule has 0 amide bonds. The van der Waals surface area contributed by atoms with E-state index < -0.39 is 45.2 Å². The number of hydrogen-bond donors (Lipinski definition) is 0. The molecule has 4 aromatic rings. The second-order valence-corrected chi connectivity index (χ2v) is 5.86. The SMILES string of the molecule is [2H]C([2H])([2H])c1ccc2c(c1)oc1c(-c3cc(C(C([2H])([2H])[2H])(C([2H])([2H])[2H])C([2H])([2H])[2H])ccn3)ccc(C([2H])([2H])[2H])c12. The maximum Gasteiger partial charge on any atom is 0.145 e. The van der Waals surface area contributed by atoms with Gasteiger partial charge in [0.05, 0.1) is 5.69 Å². The van der Waals surface area contributed by atoms with Crippen molar-refractivity contribution < 1.29 is 25.0 Å². The summed E-state index contributed by atoms with van der Waals surface area (Å²) >= 11 is 0. The van der Waals surface area contributed by atoms with Crippen LogP contribution in [0, 0.1) is 13.7 Å². The maximum absolute atomic E-state index is 8.01. The Morgan fingerprint density at radius 3 is 2.72 bits per heavy atom. The number of hydrogen-bond acceptors (Lipinski definition) is 2. The minimum absolute atomic E-state index is 0.0294. The molecular formula is C23H23NO. The fourth-order valence-corrected chi connectivity index (χ4v) is 2.89. The first kappa shape index (κ1) is 6.28. The van der Waals surface area contributed by atoms with Crippen molar-refractivity contribution in [1.82, 2.24) is 4.98 Å². The average molecular weight is 345 g/mol. The summed E-state index contributed by atoms with van der Waals surface area (Å²) in [6, 6.07) is 8.70. The number of nitrogens with zero attached hydrogens (tertiary/aromatic N) is 1. The van der Waals surface area contributed by atoms with Crippen molar-refractivity contribution in [2.24, 2.45) is 0 Å². The number of furan rings is 1. The van der Waals surface area contributed by atoms with Crippen molar-refractivity contribution >= 4 is 21.9 Å². The Kier molecular flexibility index (Phi) is 1.37. The van der Waals surface area contributed by atoms with E-state index in [-0.39, 0.29) is 38.9 Å². The standard InChI is InChI=1S/C23H23NO/c1-14-6-8-18-20(12-14)25-22-17(9-7-15(2)21(18)22)19-13-16(10-11-24-19)23(3,4)5/h6-13H,1-5H3/i1D3,2D3,3D3,4D3,5D3. The molecule has 0 spiro atoms. The molecule has 126 valence electrons. The molecule has 2 aromatic heterocycles. The second-order valence-electron chi connectivity index (χ2n) is 5.86. The van der Waals surface area contributed by atoms with Crippen molar-refractivity contribution in [3.8, 4) is 11.3 Å². The number of aromatic nitrogens is 1. The van der Waals surface area contributed by atoms with E-state index in [4.69, 9.17) is 25.0 Å². The van der Waals surface area contributed by atoms with Gasteiger partial charge in [-0.1, -0.05) is 38.8 Å². The molecule has 2 nitrogen and oxygen atoms in total. The van der Waals surface area contributed by atoms with Crippen LogP contribution in [0.15, 0.2) is 53.1 Å². The topological polar surface area (TPSA) is 26.0 Å². The zero-order valence-electron chi connectivity index (χ0n) is 28.0. The lowest BCUT2D eigenvalue weighted by atomic mass is 9.87. The summed E-state index contributed by atoms with van der Waals surface area (Å²) in [6.45, 7) is -15.6. The minimum Gasteiger partial charge on any atom is -0.455 e. The normalized spacial score (nSPS) is 23.6. The van der Waals surface area contributed by atoms with Crippen LogP contribution in [0.5, 0.6) is 0 Å². The van der Waals surface area contributed by atoms with Crippen LogP contribution < -0.4 is 0 Å². The number of rotatable bonds is 1. The third-order valence-electron chi connectivity index (χ3n) is 4.09. The zero-order valence-corrected chi connectivity index (χ0v) is 13.0. The van der Waals surface area contributed by atoms with E-state index in [1.54, 1.807) is 0 Å². The Hall–Kier alpha value is -2.61. The first-order valence-corrected chi connectivity index (χ1v) is 7.49. The van der Waals surface area contributed by atoms with Crippen molar-refractivity contribution in [2.45, 2.75) is 39.7 Å². The van der Waals surface area contributed by atoms with Gasteiger partial charge in [-0.15, -0.1) is 0 Å². The van der Waals surface area contributed by atoms with Gasteiger partial charge in [0, 0.05) is 43.1 Å². The van der Waals surface area contributed by atoms with Crippen LogP contribution in [0.4, 0.5) is 0 Å². The number of fused-ring (bicyclic) bond motifs is 3. The zero-order chi connectivity index (χ0) is 30.3. The maximum atomic E-state index is 8.01. The molecule has 0 aliphatic rings. The fourth-order valence-electron chi connectivity index (χ4n) is 2.89. The Bertz CT molecular complexity index is 1550. The van der Waals surface area contributed by atoms with Gasteiger partial charge in [0.2, 0.25) is 0 Å². The largest absolute Gasteiger partial charge is 0.455 e. The highest BCUT2D eigenvalue weighted by Crippen LogP contribution is 2.38. The van der Waals surface area contributed by atoms with E-state index in [0.717, 1.165) is 18.3 Å². The third-order valence-corrected chi connectivity index (χ3v) is 4.09. The van der Waals surface area contributed by atoms with E-state index in [1.165, 1.54) is 30.3 Å². The van der Waals surface area contributed by atoms with Crippen LogP contribution in [0.2, 0.25) is 0 Å². The van der Waals surface area contributed by atoms with Gasteiger partial charge < -0.3 is 4.42 Å². The first-order valence-electron chi connectivity index (χ1n) is 15.0. The van der Waals surface area contributed by atoms with Crippen molar-refractivity contribution in [2.75, 3.05) is 0 Å². The van der Waals surface area contributed by atoms with Gasteiger partial charge >= 0.3 is 0 Å². The summed E-state index contributed by atoms with van der Waals surface area (Å²) in [7, 11) is 0. The Balaban J connectivity index is 2.09. The summed E-state index contributed by atoms with van der Waals surface area (Å²) in [5.41, 5.74) is -3.88. The van der Waals surface area contributed by atoms with Crippen LogP contribution in [0.3, 0.4) is 0 Å². The Morgan fingerprint density at radius 1 is 1.00 bits per heavy atom. The smallest absolute Gasteiger partial charge is 0.145 e. The van der Waals surface area contributed by atoms with E-state index >= 15 is 0 Å². The number of pyridine rings is 1.